The van der Waals surface area contributed by atoms with Crippen LogP contribution in [-0.4, -0.2) is 30.5 Å². The molecule has 0 aliphatic heterocycles. The van der Waals surface area contributed by atoms with E-state index < -0.39 is 15.7 Å². The van der Waals surface area contributed by atoms with Crippen LogP contribution in [0.25, 0.3) is 22.0 Å². The summed E-state index contributed by atoms with van der Waals surface area (Å²) in [4.78, 5) is 21.2. The predicted molar refractivity (Wildman–Crippen MR) is 127 cm³/mol. The largest absolute Gasteiger partial charge is 0.322 e. The van der Waals surface area contributed by atoms with Crippen LogP contribution >= 0.6 is 0 Å². The molecule has 1 amide bonds. The third-order valence-corrected chi connectivity index (χ3v) is 6.24. The molecule has 0 spiro atoms. The van der Waals surface area contributed by atoms with E-state index >= 15 is 0 Å². The molecule has 2 heterocycles. The number of rotatable bonds is 5. The molecule has 4 aromatic rings. The summed E-state index contributed by atoms with van der Waals surface area (Å²) in [7, 11) is -3.76. The molecule has 0 unspecified atom stereocenters. The topological polar surface area (TPSA) is 113 Å². The van der Waals surface area contributed by atoms with Crippen molar-refractivity contribution in [3.63, 3.8) is 0 Å². The van der Waals surface area contributed by atoms with Gasteiger partial charge in [-0.1, -0.05) is 37.3 Å². The van der Waals surface area contributed by atoms with Crippen molar-refractivity contribution < 1.29 is 13.2 Å². The van der Waals surface area contributed by atoms with E-state index in [9.17, 15) is 13.2 Å². The van der Waals surface area contributed by atoms with Gasteiger partial charge in [0.2, 0.25) is 0 Å². The maximum Gasteiger partial charge on any atom is 0.258 e. The maximum atomic E-state index is 12.8. The fourth-order valence-corrected chi connectivity index (χ4v) is 4.25. The van der Waals surface area contributed by atoms with E-state index in [1.54, 1.807) is 18.3 Å². The minimum absolute atomic E-state index is 0.0924. The summed E-state index contributed by atoms with van der Waals surface area (Å²) in [5.74, 6) is -0.667. The normalized spacial score (nSPS) is 11.2. The molecule has 4 rings (SSSR count). The van der Waals surface area contributed by atoms with Crippen LogP contribution in [0.4, 0.5) is 5.69 Å². The lowest BCUT2D eigenvalue weighted by Gasteiger charge is -2.10. The van der Waals surface area contributed by atoms with Crippen molar-refractivity contribution in [3.05, 3.63) is 83.7 Å². The Morgan fingerprint density at radius 2 is 1.76 bits per heavy atom. The van der Waals surface area contributed by atoms with Crippen molar-refractivity contribution in [1.82, 2.24) is 9.97 Å². The number of sulfone groups is 1. The second kappa shape index (κ2) is 8.81. The number of nitriles is 1. The van der Waals surface area contributed by atoms with Crippen LogP contribution in [0, 0.1) is 11.3 Å². The van der Waals surface area contributed by atoms with E-state index in [1.807, 2.05) is 30.3 Å². The molecule has 7 nitrogen and oxygen atoms in total. The van der Waals surface area contributed by atoms with Crippen LogP contribution in [0.15, 0.2) is 72.0 Å². The first kappa shape index (κ1) is 22.1. The Balaban J connectivity index is 1.63. The van der Waals surface area contributed by atoms with Crippen molar-refractivity contribution >= 4 is 32.2 Å². The van der Waals surface area contributed by atoms with E-state index in [0.29, 0.717) is 5.69 Å². The van der Waals surface area contributed by atoms with Crippen molar-refractivity contribution in [3.8, 4) is 17.3 Å². The highest BCUT2D eigenvalue weighted by Crippen LogP contribution is 2.25. The summed E-state index contributed by atoms with van der Waals surface area (Å²) >= 11 is 0. The number of benzene rings is 2. The molecule has 0 bridgehead atoms. The Morgan fingerprint density at radius 3 is 2.42 bits per heavy atom. The number of aromatic nitrogens is 2. The van der Waals surface area contributed by atoms with Crippen molar-refractivity contribution in [2.24, 2.45) is 0 Å². The lowest BCUT2D eigenvalue weighted by molar-refractivity contribution is 0.102. The Labute approximate surface area is 191 Å². The number of pyridine rings is 2. The van der Waals surface area contributed by atoms with E-state index in [1.165, 1.54) is 11.6 Å². The van der Waals surface area contributed by atoms with Gasteiger partial charge in [0.25, 0.3) is 5.91 Å². The van der Waals surface area contributed by atoms with E-state index in [-0.39, 0.29) is 16.2 Å². The van der Waals surface area contributed by atoms with Gasteiger partial charge in [0.15, 0.2) is 14.9 Å². The SMILES string of the molecule is CCc1ccc(-c2cc3ccc(NC(=O)c4cc(C#N)cnc4S(C)(=O)=O)cc3cn2)cc1. The number of fused-ring (bicyclic) bond motifs is 1. The van der Waals surface area contributed by atoms with Gasteiger partial charge in [-0.15, -0.1) is 0 Å². The number of hydrogen-bond acceptors (Lipinski definition) is 6. The molecule has 0 radical (unpaired) electrons. The summed E-state index contributed by atoms with van der Waals surface area (Å²) in [6, 6.07) is 18.7. The molecule has 0 aliphatic rings. The van der Waals surface area contributed by atoms with Gasteiger partial charge in [-0.05, 0) is 41.6 Å². The third-order valence-electron chi connectivity index (χ3n) is 5.21. The second-order valence-corrected chi connectivity index (χ2v) is 9.53. The molecule has 2 aromatic heterocycles. The molecule has 0 saturated heterocycles. The van der Waals surface area contributed by atoms with Crippen molar-refractivity contribution in [2.75, 3.05) is 11.6 Å². The molecule has 0 fully saturated rings. The van der Waals surface area contributed by atoms with Crippen LogP contribution in [-0.2, 0) is 16.3 Å². The molecule has 0 saturated carbocycles. The van der Waals surface area contributed by atoms with Gasteiger partial charge in [0.05, 0.1) is 16.8 Å². The van der Waals surface area contributed by atoms with Crippen LogP contribution < -0.4 is 5.32 Å². The third kappa shape index (κ3) is 4.73. The van der Waals surface area contributed by atoms with E-state index in [2.05, 4.69) is 34.3 Å². The Hall–Kier alpha value is -4.09. The first-order valence-corrected chi connectivity index (χ1v) is 12.1. The van der Waals surface area contributed by atoms with Gasteiger partial charge < -0.3 is 5.32 Å². The van der Waals surface area contributed by atoms with Crippen molar-refractivity contribution in [2.45, 2.75) is 18.4 Å². The van der Waals surface area contributed by atoms with Crippen LogP contribution in [0.3, 0.4) is 0 Å². The molecule has 2 aromatic carbocycles. The van der Waals surface area contributed by atoms with Gasteiger partial charge in [-0.25, -0.2) is 13.4 Å². The lowest BCUT2D eigenvalue weighted by Crippen LogP contribution is -2.17. The highest BCUT2D eigenvalue weighted by Gasteiger charge is 2.21. The molecule has 1 N–H and O–H groups in total. The average Bonchev–Trinajstić information content (AvgIpc) is 2.82. The summed E-state index contributed by atoms with van der Waals surface area (Å²) in [5, 5.41) is 13.2. The first-order chi connectivity index (χ1) is 15.8. The highest BCUT2D eigenvalue weighted by molar-refractivity contribution is 7.90. The first-order valence-electron chi connectivity index (χ1n) is 10.2. The van der Waals surface area contributed by atoms with Gasteiger partial charge >= 0.3 is 0 Å². The quantitative estimate of drug-likeness (QED) is 0.477. The van der Waals surface area contributed by atoms with Gasteiger partial charge in [-0.3, -0.25) is 9.78 Å². The summed E-state index contributed by atoms with van der Waals surface area (Å²) in [5.41, 5.74) is 3.50. The minimum Gasteiger partial charge on any atom is -0.322 e. The van der Waals surface area contributed by atoms with E-state index in [0.717, 1.165) is 40.9 Å². The average molecular weight is 457 g/mol. The number of anilines is 1. The minimum atomic E-state index is -3.76. The fraction of sp³-hybridized carbons (Fsp3) is 0.120. The number of nitrogens with zero attached hydrogens (tertiary/aromatic N) is 3. The molecular formula is C25H20N4O3S. The van der Waals surface area contributed by atoms with Gasteiger partial charge in [0.1, 0.15) is 6.07 Å². The number of aryl methyl sites for hydroxylation is 1. The standard InChI is InChI=1S/C25H20N4O3S/c1-3-16-4-6-18(7-5-16)23-12-19-8-9-21(11-20(19)15-27-23)29-24(30)22-10-17(13-26)14-28-25(22)33(2,31)32/h4-12,14-15H,3H2,1-2H3,(H,29,30). The Kier molecular flexibility index (Phi) is 5.90. The zero-order chi connectivity index (χ0) is 23.6. The number of nitrogens with one attached hydrogen (secondary N) is 1. The smallest absolute Gasteiger partial charge is 0.258 e. The van der Waals surface area contributed by atoms with Crippen LogP contribution in [0.2, 0.25) is 0 Å². The molecule has 164 valence electrons. The maximum absolute atomic E-state index is 12.8. The molecular weight excluding hydrogens is 436 g/mol. The molecule has 0 atom stereocenters. The summed E-state index contributed by atoms with van der Waals surface area (Å²) in [6.45, 7) is 2.11. The fourth-order valence-electron chi connectivity index (χ4n) is 3.46. The zero-order valence-electron chi connectivity index (χ0n) is 18.0. The number of amides is 1. The predicted octanol–water partition coefficient (Wildman–Crippen LogP) is 4.39. The lowest BCUT2D eigenvalue weighted by atomic mass is 10.0. The zero-order valence-corrected chi connectivity index (χ0v) is 18.8. The molecule has 0 aliphatic carbocycles. The van der Waals surface area contributed by atoms with Crippen LogP contribution in [0.5, 0.6) is 0 Å². The molecule has 33 heavy (non-hydrogen) atoms. The number of carbonyl (C=O) groups is 1. The van der Waals surface area contributed by atoms with Crippen molar-refractivity contribution in [1.29, 1.82) is 5.26 Å². The number of carbonyl (C=O) groups excluding carboxylic acids is 1. The van der Waals surface area contributed by atoms with Gasteiger partial charge in [0, 0.05) is 35.3 Å². The summed E-state index contributed by atoms with van der Waals surface area (Å²) in [6.07, 6.45) is 4.80. The van der Waals surface area contributed by atoms with Crippen LogP contribution in [0.1, 0.15) is 28.4 Å². The summed E-state index contributed by atoms with van der Waals surface area (Å²) < 4.78 is 24.1. The Bertz CT molecular complexity index is 1520. The molecule has 8 heteroatoms. The van der Waals surface area contributed by atoms with Gasteiger partial charge in [-0.2, -0.15) is 5.26 Å². The Morgan fingerprint density at radius 1 is 1.00 bits per heavy atom. The number of hydrogen-bond donors (Lipinski definition) is 1. The highest BCUT2D eigenvalue weighted by atomic mass is 32.2. The van der Waals surface area contributed by atoms with E-state index in [4.69, 9.17) is 5.26 Å². The second-order valence-electron chi connectivity index (χ2n) is 7.60. The monoisotopic (exact) mass is 456 g/mol.